The van der Waals surface area contributed by atoms with Crippen molar-refractivity contribution in [2.45, 2.75) is 0 Å². The van der Waals surface area contributed by atoms with Crippen LogP contribution in [0, 0.1) is 0 Å². The van der Waals surface area contributed by atoms with Crippen LogP contribution in [0.25, 0.3) is 34.3 Å². The summed E-state index contributed by atoms with van der Waals surface area (Å²) in [6.07, 6.45) is 6.52. The average Bonchev–Trinajstić information content (AvgIpc) is 3.29. The molecular weight excluding hydrogens is 280 g/mol. The second-order valence-corrected chi connectivity index (χ2v) is 4.52. The number of hydrogen-bond donors (Lipinski definition) is 0. The van der Waals surface area contributed by atoms with Gasteiger partial charge in [-0.05, 0) is 36.4 Å². The van der Waals surface area contributed by atoms with Gasteiger partial charge < -0.3 is 8.83 Å². The highest BCUT2D eigenvalue weighted by atomic mass is 16.3. The van der Waals surface area contributed by atoms with E-state index in [9.17, 15) is 0 Å². The molecule has 4 rings (SSSR count). The van der Waals surface area contributed by atoms with E-state index >= 15 is 0 Å². The van der Waals surface area contributed by atoms with Crippen LogP contribution in [-0.2, 0) is 0 Å². The van der Waals surface area contributed by atoms with E-state index in [1.54, 1.807) is 37.1 Å². The predicted octanol–water partition coefficient (Wildman–Crippen LogP) is 3.45. The monoisotopic (exact) mass is 290 g/mol. The van der Waals surface area contributed by atoms with Crippen molar-refractivity contribution in [2.24, 2.45) is 0 Å². The first kappa shape index (κ1) is 12.5. The van der Waals surface area contributed by atoms with Crippen LogP contribution in [0.15, 0.2) is 70.2 Å². The van der Waals surface area contributed by atoms with Gasteiger partial charge in [-0.15, -0.1) is 5.10 Å². The average molecular weight is 290 g/mol. The Labute approximate surface area is 125 Å². The van der Waals surface area contributed by atoms with E-state index in [2.05, 4.69) is 20.2 Å². The van der Waals surface area contributed by atoms with Crippen molar-refractivity contribution < 1.29 is 8.83 Å². The molecule has 0 atom stereocenters. The highest BCUT2D eigenvalue weighted by Crippen LogP contribution is 2.31. The molecule has 4 aromatic rings. The van der Waals surface area contributed by atoms with E-state index in [-0.39, 0.29) is 0 Å². The van der Waals surface area contributed by atoms with Crippen LogP contribution in [0.5, 0.6) is 0 Å². The van der Waals surface area contributed by atoms with Crippen LogP contribution in [-0.4, -0.2) is 20.2 Å². The maximum atomic E-state index is 5.48. The number of rotatable bonds is 3. The van der Waals surface area contributed by atoms with E-state index < -0.39 is 0 Å². The molecule has 0 aliphatic rings. The lowest BCUT2D eigenvalue weighted by Gasteiger charge is -2.06. The minimum absolute atomic E-state index is 0.481. The zero-order chi connectivity index (χ0) is 14.8. The third-order valence-electron chi connectivity index (χ3n) is 3.13. The van der Waals surface area contributed by atoms with Gasteiger partial charge in [-0.25, -0.2) is 9.97 Å². The molecule has 4 heterocycles. The molecule has 22 heavy (non-hydrogen) atoms. The van der Waals surface area contributed by atoms with Gasteiger partial charge in [0.2, 0.25) is 0 Å². The molecule has 0 unspecified atom stereocenters. The Kier molecular flexibility index (Phi) is 2.97. The maximum Gasteiger partial charge on any atom is 0.180 e. The Bertz CT molecular complexity index is 872. The van der Waals surface area contributed by atoms with Crippen molar-refractivity contribution in [1.29, 1.82) is 0 Å². The summed E-state index contributed by atoms with van der Waals surface area (Å²) in [5.74, 6) is 1.80. The SMILES string of the molecule is c1cnnc(-c2ncc(-c3ccco3)c(-c3ccco3)n2)c1. The first-order valence-electron chi connectivity index (χ1n) is 6.65. The highest BCUT2D eigenvalue weighted by Gasteiger charge is 2.16. The summed E-state index contributed by atoms with van der Waals surface area (Å²) >= 11 is 0. The zero-order valence-corrected chi connectivity index (χ0v) is 11.4. The van der Waals surface area contributed by atoms with Gasteiger partial charge in [-0.2, -0.15) is 5.10 Å². The second-order valence-electron chi connectivity index (χ2n) is 4.52. The fourth-order valence-electron chi connectivity index (χ4n) is 2.14. The molecule has 4 aromatic heterocycles. The molecule has 6 heteroatoms. The molecular formula is C16H10N4O2. The molecule has 0 amide bonds. The first-order valence-corrected chi connectivity index (χ1v) is 6.65. The fraction of sp³-hybridized carbons (Fsp3) is 0. The van der Waals surface area contributed by atoms with Crippen molar-refractivity contribution >= 4 is 0 Å². The van der Waals surface area contributed by atoms with Gasteiger partial charge in [0.25, 0.3) is 0 Å². The van der Waals surface area contributed by atoms with Crippen LogP contribution in [0.1, 0.15) is 0 Å². The van der Waals surface area contributed by atoms with Gasteiger partial charge in [0.1, 0.15) is 17.1 Å². The summed E-state index contributed by atoms with van der Waals surface area (Å²) in [6.45, 7) is 0. The molecule has 6 nitrogen and oxygen atoms in total. The predicted molar refractivity (Wildman–Crippen MR) is 78.5 cm³/mol. The van der Waals surface area contributed by atoms with Gasteiger partial charge in [-0.1, -0.05) is 0 Å². The normalized spacial score (nSPS) is 10.7. The number of nitrogens with zero attached hydrogens (tertiary/aromatic N) is 4. The van der Waals surface area contributed by atoms with Crippen LogP contribution >= 0.6 is 0 Å². The lowest BCUT2D eigenvalue weighted by atomic mass is 10.1. The lowest BCUT2D eigenvalue weighted by molar-refractivity contribution is 0.573. The third kappa shape index (κ3) is 2.16. The Morgan fingerprint density at radius 2 is 1.68 bits per heavy atom. The minimum Gasteiger partial charge on any atom is -0.464 e. The van der Waals surface area contributed by atoms with Gasteiger partial charge in [-0.3, -0.25) is 0 Å². The number of aromatic nitrogens is 4. The Balaban J connectivity index is 1.91. The quantitative estimate of drug-likeness (QED) is 0.575. The minimum atomic E-state index is 0.481. The number of furan rings is 2. The van der Waals surface area contributed by atoms with Gasteiger partial charge >= 0.3 is 0 Å². The number of hydrogen-bond acceptors (Lipinski definition) is 6. The van der Waals surface area contributed by atoms with Crippen molar-refractivity contribution in [1.82, 2.24) is 20.2 Å². The molecule has 0 saturated carbocycles. The summed E-state index contributed by atoms with van der Waals surface area (Å²) in [4.78, 5) is 8.93. The van der Waals surface area contributed by atoms with Crippen LogP contribution in [0.4, 0.5) is 0 Å². The zero-order valence-electron chi connectivity index (χ0n) is 11.4. The van der Waals surface area contributed by atoms with E-state index in [1.807, 2.05) is 24.3 Å². The Hall–Kier alpha value is -3.28. The smallest absolute Gasteiger partial charge is 0.180 e. The second kappa shape index (κ2) is 5.25. The Morgan fingerprint density at radius 3 is 2.36 bits per heavy atom. The molecule has 0 spiro atoms. The third-order valence-corrected chi connectivity index (χ3v) is 3.13. The van der Waals surface area contributed by atoms with Gasteiger partial charge in [0.05, 0.1) is 18.1 Å². The van der Waals surface area contributed by atoms with Crippen molar-refractivity contribution in [3.05, 3.63) is 61.3 Å². The van der Waals surface area contributed by atoms with Crippen molar-refractivity contribution in [3.63, 3.8) is 0 Å². The summed E-state index contributed by atoms with van der Waals surface area (Å²) in [5.41, 5.74) is 2.00. The molecule has 0 saturated heterocycles. The standard InChI is InChI=1S/C16H10N4O2/c1-4-12(20-18-7-1)16-17-10-11(13-5-2-8-21-13)15(19-16)14-6-3-9-22-14/h1-10H. The largest absolute Gasteiger partial charge is 0.464 e. The maximum absolute atomic E-state index is 5.48. The van der Waals surface area contributed by atoms with Gasteiger partial charge in [0, 0.05) is 12.4 Å². The topological polar surface area (TPSA) is 77.8 Å². The van der Waals surface area contributed by atoms with E-state index in [0.29, 0.717) is 28.7 Å². The molecule has 0 aliphatic heterocycles. The van der Waals surface area contributed by atoms with Crippen molar-refractivity contribution in [3.8, 4) is 34.3 Å². The molecule has 0 aromatic carbocycles. The van der Waals surface area contributed by atoms with E-state index in [1.165, 1.54) is 0 Å². The van der Waals surface area contributed by atoms with Crippen LogP contribution in [0.2, 0.25) is 0 Å². The Morgan fingerprint density at radius 1 is 0.864 bits per heavy atom. The summed E-state index contributed by atoms with van der Waals surface area (Å²) in [6, 6.07) is 10.9. The van der Waals surface area contributed by atoms with Gasteiger partial charge in [0.15, 0.2) is 11.6 Å². The molecule has 0 aliphatic carbocycles. The summed E-state index contributed by atoms with van der Waals surface area (Å²) < 4.78 is 10.9. The first-order chi connectivity index (χ1) is 10.9. The van der Waals surface area contributed by atoms with Crippen LogP contribution in [0.3, 0.4) is 0 Å². The molecule has 0 radical (unpaired) electrons. The molecule has 0 N–H and O–H groups in total. The van der Waals surface area contributed by atoms with Crippen molar-refractivity contribution in [2.75, 3.05) is 0 Å². The fourth-order valence-corrected chi connectivity index (χ4v) is 2.14. The van der Waals surface area contributed by atoms with E-state index in [0.717, 1.165) is 5.56 Å². The lowest BCUT2D eigenvalue weighted by Crippen LogP contribution is -1.97. The highest BCUT2D eigenvalue weighted by molar-refractivity contribution is 5.76. The van der Waals surface area contributed by atoms with Crippen LogP contribution < -0.4 is 0 Å². The summed E-state index contributed by atoms with van der Waals surface area (Å²) in [7, 11) is 0. The summed E-state index contributed by atoms with van der Waals surface area (Å²) in [5, 5.41) is 7.89. The molecule has 106 valence electrons. The van der Waals surface area contributed by atoms with E-state index in [4.69, 9.17) is 8.83 Å². The molecule has 0 fully saturated rings. The molecule has 0 bridgehead atoms.